The van der Waals surface area contributed by atoms with Gasteiger partial charge in [0.2, 0.25) is 0 Å². The van der Waals surface area contributed by atoms with Gasteiger partial charge in [-0.15, -0.1) is 11.8 Å². The number of carbonyl (C=O) groups is 1. The molecular formula is C8H9N3OS. The number of rotatable bonds is 3. The van der Waals surface area contributed by atoms with E-state index in [1.807, 2.05) is 16.9 Å². The second-order valence-corrected chi connectivity index (χ2v) is 3.76. The van der Waals surface area contributed by atoms with Gasteiger partial charge in [-0.3, -0.25) is 9.48 Å². The van der Waals surface area contributed by atoms with Crippen molar-refractivity contribution < 1.29 is 4.79 Å². The minimum Gasteiger partial charge on any atom is -0.272 e. The molecule has 2 heterocycles. The fraction of sp³-hybridized carbons (Fsp3) is 0.375. The van der Waals surface area contributed by atoms with Crippen LogP contribution < -0.4 is 0 Å². The lowest BCUT2D eigenvalue weighted by Crippen LogP contribution is -2.01. The smallest absolute Gasteiger partial charge is 0.256 e. The fourth-order valence-electron chi connectivity index (χ4n) is 1.12. The molecule has 0 saturated heterocycles. The first-order valence-electron chi connectivity index (χ1n) is 4.05. The first-order valence-corrected chi connectivity index (χ1v) is 5.04. The molecule has 1 amide bonds. The maximum absolute atomic E-state index is 10.8. The summed E-state index contributed by atoms with van der Waals surface area (Å²) in [6.45, 7) is 0.798. The van der Waals surface area contributed by atoms with Gasteiger partial charge in [-0.25, -0.2) is 4.99 Å². The standard InChI is InChI=1S/C8H9N3OS/c12-7-6-13-8(10-7)2-5-11-4-1-3-9-11/h1,3-4H,2,5-6H2. The van der Waals surface area contributed by atoms with Gasteiger partial charge < -0.3 is 0 Å². The van der Waals surface area contributed by atoms with E-state index in [9.17, 15) is 4.79 Å². The Kier molecular flexibility index (Phi) is 2.44. The summed E-state index contributed by atoms with van der Waals surface area (Å²) in [6, 6.07) is 1.88. The summed E-state index contributed by atoms with van der Waals surface area (Å²) >= 11 is 1.53. The van der Waals surface area contributed by atoms with Crippen molar-refractivity contribution in [3.63, 3.8) is 0 Å². The molecular weight excluding hydrogens is 186 g/mol. The number of hydrogen-bond acceptors (Lipinski definition) is 3. The molecule has 0 saturated carbocycles. The van der Waals surface area contributed by atoms with Gasteiger partial charge in [0.05, 0.1) is 10.8 Å². The molecule has 0 bridgehead atoms. The fourth-order valence-corrected chi connectivity index (χ4v) is 1.88. The van der Waals surface area contributed by atoms with Gasteiger partial charge in [0.15, 0.2) is 0 Å². The van der Waals surface area contributed by atoms with Crippen LogP contribution in [0.1, 0.15) is 6.42 Å². The van der Waals surface area contributed by atoms with E-state index in [1.54, 1.807) is 6.20 Å². The normalized spacial score (nSPS) is 16.3. The van der Waals surface area contributed by atoms with Crippen molar-refractivity contribution in [1.29, 1.82) is 0 Å². The summed E-state index contributed by atoms with van der Waals surface area (Å²) in [5.74, 6) is 0.495. The van der Waals surface area contributed by atoms with E-state index in [0.29, 0.717) is 5.75 Å². The summed E-state index contributed by atoms with van der Waals surface area (Å²) in [6.07, 6.45) is 4.45. The maximum Gasteiger partial charge on any atom is 0.256 e. The molecule has 13 heavy (non-hydrogen) atoms. The molecule has 0 fully saturated rings. The van der Waals surface area contributed by atoms with E-state index in [1.165, 1.54) is 11.8 Å². The Balaban J connectivity index is 1.87. The molecule has 0 atom stereocenters. The van der Waals surface area contributed by atoms with E-state index >= 15 is 0 Å². The number of nitrogens with zero attached hydrogens (tertiary/aromatic N) is 3. The van der Waals surface area contributed by atoms with Crippen LogP contribution in [0.4, 0.5) is 0 Å². The summed E-state index contributed by atoms with van der Waals surface area (Å²) in [7, 11) is 0. The summed E-state index contributed by atoms with van der Waals surface area (Å²) in [5.41, 5.74) is 0. The number of aromatic nitrogens is 2. The van der Waals surface area contributed by atoms with Crippen molar-refractivity contribution in [1.82, 2.24) is 9.78 Å². The molecule has 5 heteroatoms. The third-order valence-electron chi connectivity index (χ3n) is 1.73. The third kappa shape index (κ3) is 2.18. The van der Waals surface area contributed by atoms with Gasteiger partial charge in [0.1, 0.15) is 0 Å². The van der Waals surface area contributed by atoms with Crippen LogP contribution in [0.3, 0.4) is 0 Å². The average molecular weight is 195 g/mol. The van der Waals surface area contributed by atoms with Crippen molar-refractivity contribution in [3.05, 3.63) is 18.5 Å². The minimum absolute atomic E-state index is 0.0135. The van der Waals surface area contributed by atoms with Crippen LogP contribution in [0.5, 0.6) is 0 Å². The highest BCUT2D eigenvalue weighted by Gasteiger charge is 2.13. The van der Waals surface area contributed by atoms with Gasteiger partial charge in [-0.1, -0.05) is 0 Å². The molecule has 68 valence electrons. The SMILES string of the molecule is O=C1CSC(CCn2cccn2)=N1. The Bertz CT molecular complexity index is 331. The molecule has 0 aliphatic carbocycles. The Morgan fingerprint density at radius 1 is 1.62 bits per heavy atom. The second kappa shape index (κ2) is 3.74. The topological polar surface area (TPSA) is 47.2 Å². The van der Waals surface area contributed by atoms with Crippen molar-refractivity contribution in [2.75, 3.05) is 5.75 Å². The lowest BCUT2D eigenvalue weighted by atomic mass is 10.4. The molecule has 0 aromatic carbocycles. The van der Waals surface area contributed by atoms with E-state index in [2.05, 4.69) is 10.1 Å². The van der Waals surface area contributed by atoms with Gasteiger partial charge in [-0.2, -0.15) is 5.10 Å². The monoisotopic (exact) mass is 195 g/mol. The average Bonchev–Trinajstić information content (AvgIpc) is 2.71. The summed E-state index contributed by atoms with van der Waals surface area (Å²) in [4.78, 5) is 14.7. The maximum atomic E-state index is 10.8. The van der Waals surface area contributed by atoms with Gasteiger partial charge in [-0.05, 0) is 6.07 Å². The highest BCUT2D eigenvalue weighted by atomic mass is 32.2. The van der Waals surface area contributed by atoms with Crippen LogP contribution in [-0.2, 0) is 11.3 Å². The Morgan fingerprint density at radius 3 is 3.15 bits per heavy atom. The van der Waals surface area contributed by atoms with Gasteiger partial charge in [0, 0.05) is 25.4 Å². The number of amides is 1. The minimum atomic E-state index is -0.0135. The molecule has 0 radical (unpaired) electrons. The Morgan fingerprint density at radius 2 is 2.54 bits per heavy atom. The zero-order valence-electron chi connectivity index (χ0n) is 7.01. The first-order chi connectivity index (χ1) is 6.34. The second-order valence-electron chi connectivity index (χ2n) is 2.71. The Hall–Kier alpha value is -1.10. The molecule has 1 aromatic rings. The van der Waals surface area contributed by atoms with Crippen molar-refractivity contribution in [2.45, 2.75) is 13.0 Å². The lowest BCUT2D eigenvalue weighted by Gasteiger charge is -1.99. The molecule has 0 spiro atoms. The van der Waals surface area contributed by atoms with Crippen LogP contribution >= 0.6 is 11.8 Å². The third-order valence-corrected chi connectivity index (χ3v) is 2.75. The predicted octanol–water partition coefficient (Wildman–Crippen LogP) is 0.945. The van der Waals surface area contributed by atoms with E-state index in [0.717, 1.165) is 18.0 Å². The van der Waals surface area contributed by atoms with Crippen molar-refractivity contribution in [3.8, 4) is 0 Å². The lowest BCUT2D eigenvalue weighted by molar-refractivity contribution is -0.115. The van der Waals surface area contributed by atoms with Gasteiger partial charge >= 0.3 is 0 Å². The number of thioether (sulfide) groups is 1. The molecule has 2 rings (SSSR count). The first kappa shape index (κ1) is 8.50. The molecule has 4 nitrogen and oxygen atoms in total. The molecule has 0 unspecified atom stereocenters. The van der Waals surface area contributed by atoms with Crippen LogP contribution in [0.2, 0.25) is 0 Å². The van der Waals surface area contributed by atoms with E-state index < -0.39 is 0 Å². The summed E-state index contributed by atoms with van der Waals surface area (Å²) < 4.78 is 1.84. The highest BCUT2D eigenvalue weighted by molar-refractivity contribution is 8.15. The van der Waals surface area contributed by atoms with Crippen LogP contribution in [0.25, 0.3) is 0 Å². The number of hydrogen-bond donors (Lipinski definition) is 0. The number of carbonyl (C=O) groups excluding carboxylic acids is 1. The van der Waals surface area contributed by atoms with Crippen LogP contribution in [0, 0.1) is 0 Å². The molecule has 1 aliphatic rings. The molecule has 0 N–H and O–H groups in total. The van der Waals surface area contributed by atoms with E-state index in [4.69, 9.17) is 0 Å². The number of aliphatic imine (C=N–C) groups is 1. The van der Waals surface area contributed by atoms with Crippen molar-refractivity contribution in [2.24, 2.45) is 4.99 Å². The Labute approximate surface area is 80.0 Å². The van der Waals surface area contributed by atoms with Crippen LogP contribution in [-0.4, -0.2) is 26.5 Å². The summed E-state index contributed by atoms with van der Waals surface area (Å²) in [5, 5.41) is 4.99. The van der Waals surface area contributed by atoms with Crippen molar-refractivity contribution >= 4 is 22.7 Å². The quantitative estimate of drug-likeness (QED) is 0.721. The predicted molar refractivity (Wildman–Crippen MR) is 51.7 cm³/mol. The highest BCUT2D eigenvalue weighted by Crippen LogP contribution is 2.15. The van der Waals surface area contributed by atoms with Gasteiger partial charge in [0.25, 0.3) is 5.91 Å². The molecule has 1 aromatic heterocycles. The van der Waals surface area contributed by atoms with Crippen LogP contribution in [0.15, 0.2) is 23.5 Å². The largest absolute Gasteiger partial charge is 0.272 e. The van der Waals surface area contributed by atoms with E-state index in [-0.39, 0.29) is 5.91 Å². The zero-order chi connectivity index (χ0) is 9.10. The number of aryl methyl sites for hydroxylation is 1. The molecule has 1 aliphatic heterocycles. The zero-order valence-corrected chi connectivity index (χ0v) is 7.83.